The van der Waals surface area contributed by atoms with Crippen molar-refractivity contribution < 1.29 is 18.0 Å². The third-order valence-electron chi connectivity index (χ3n) is 4.95. The van der Waals surface area contributed by atoms with Crippen molar-refractivity contribution in [2.24, 2.45) is 5.92 Å². The van der Waals surface area contributed by atoms with Crippen LogP contribution in [0.3, 0.4) is 0 Å². The van der Waals surface area contributed by atoms with Crippen LogP contribution in [0, 0.1) is 5.92 Å². The number of carbonyl (C=O) groups excluding carboxylic acids is 1. The van der Waals surface area contributed by atoms with E-state index in [0.717, 1.165) is 18.9 Å². The molecule has 1 amide bonds. The van der Waals surface area contributed by atoms with Crippen LogP contribution in [0.15, 0.2) is 47.4 Å². The predicted octanol–water partition coefficient (Wildman–Crippen LogP) is 3.88. The van der Waals surface area contributed by atoms with Gasteiger partial charge in [-0.25, -0.2) is 0 Å². The fourth-order valence-corrected chi connectivity index (χ4v) is 3.52. The molecule has 0 bridgehead atoms. The van der Waals surface area contributed by atoms with Crippen molar-refractivity contribution in [2.45, 2.75) is 31.9 Å². The van der Waals surface area contributed by atoms with E-state index in [4.69, 9.17) is 0 Å². The van der Waals surface area contributed by atoms with Gasteiger partial charge in [-0.15, -0.1) is 0 Å². The number of H-pyrrole nitrogens is 1. The van der Waals surface area contributed by atoms with Crippen molar-refractivity contribution in [3.8, 4) is 0 Å². The van der Waals surface area contributed by atoms with Crippen LogP contribution in [0.1, 0.15) is 40.7 Å². The van der Waals surface area contributed by atoms with Crippen molar-refractivity contribution in [3.05, 3.63) is 69.6 Å². The highest BCUT2D eigenvalue weighted by molar-refractivity contribution is 5.93. The smallest absolute Gasteiger partial charge is 0.338 e. The van der Waals surface area contributed by atoms with E-state index in [0.29, 0.717) is 31.5 Å². The number of hydrogen-bond donors (Lipinski definition) is 1. The summed E-state index contributed by atoms with van der Waals surface area (Å²) < 4.78 is 38.5. The molecule has 1 fully saturated rings. The first-order valence-corrected chi connectivity index (χ1v) is 8.97. The summed E-state index contributed by atoms with van der Waals surface area (Å²) in [6, 6.07) is 8.51. The van der Waals surface area contributed by atoms with E-state index in [1.165, 1.54) is 24.4 Å². The molecule has 0 radical (unpaired) electrons. The van der Waals surface area contributed by atoms with Crippen molar-refractivity contribution in [2.75, 3.05) is 13.1 Å². The van der Waals surface area contributed by atoms with Crippen LogP contribution >= 0.6 is 0 Å². The molecule has 0 saturated carbocycles. The summed E-state index contributed by atoms with van der Waals surface area (Å²) >= 11 is 0. The molecule has 1 N–H and O–H groups in total. The molecule has 7 heteroatoms. The largest absolute Gasteiger partial charge is 0.416 e. The maximum absolute atomic E-state index is 12.8. The van der Waals surface area contributed by atoms with Gasteiger partial charge in [-0.2, -0.15) is 13.2 Å². The molecule has 2 aromatic rings. The normalized spacial score (nSPS) is 17.7. The lowest BCUT2D eigenvalue weighted by molar-refractivity contribution is -0.137. The van der Waals surface area contributed by atoms with Crippen LogP contribution in [0.2, 0.25) is 0 Å². The number of hydrogen-bond acceptors (Lipinski definition) is 2. The first-order chi connectivity index (χ1) is 12.8. The Labute approximate surface area is 155 Å². The minimum absolute atomic E-state index is 0.121. The number of carbonyl (C=O) groups is 1. The standard InChI is InChI=1S/C20H21F3N2O2/c21-20(22,23)16-6-1-4-14(12-16)8-9-15-5-3-11-25(13-15)19(27)17-7-2-10-24-18(17)26/h1-2,4,6-7,10,12,15H,3,5,8-9,11,13H2,(H,24,26)/t15-/m1/s1. The molecule has 2 heterocycles. The minimum atomic E-state index is -4.34. The molecule has 1 aliphatic heterocycles. The van der Waals surface area contributed by atoms with Gasteiger partial charge in [0.25, 0.3) is 11.5 Å². The number of alkyl halides is 3. The molecule has 1 saturated heterocycles. The Hall–Kier alpha value is -2.57. The monoisotopic (exact) mass is 378 g/mol. The molecule has 4 nitrogen and oxygen atoms in total. The highest BCUT2D eigenvalue weighted by Crippen LogP contribution is 2.30. The van der Waals surface area contributed by atoms with Crippen LogP contribution in [0.25, 0.3) is 0 Å². The molecule has 0 unspecified atom stereocenters. The van der Waals surface area contributed by atoms with E-state index < -0.39 is 17.3 Å². The van der Waals surface area contributed by atoms with E-state index in [-0.39, 0.29) is 17.4 Å². The van der Waals surface area contributed by atoms with Crippen LogP contribution in [0.5, 0.6) is 0 Å². The second-order valence-corrected chi connectivity index (χ2v) is 6.91. The van der Waals surface area contributed by atoms with Crippen LogP contribution in [0.4, 0.5) is 13.2 Å². The number of nitrogens with zero attached hydrogens (tertiary/aromatic N) is 1. The summed E-state index contributed by atoms with van der Waals surface area (Å²) in [4.78, 5) is 28.6. The molecular weight excluding hydrogens is 357 g/mol. The van der Waals surface area contributed by atoms with Gasteiger partial charge in [0.2, 0.25) is 0 Å². The van der Waals surface area contributed by atoms with E-state index in [1.54, 1.807) is 17.0 Å². The first kappa shape index (κ1) is 19.2. The Kier molecular flexibility index (Phi) is 5.68. The molecule has 27 heavy (non-hydrogen) atoms. The molecule has 0 spiro atoms. The lowest BCUT2D eigenvalue weighted by Crippen LogP contribution is -2.41. The van der Waals surface area contributed by atoms with Gasteiger partial charge in [0.1, 0.15) is 5.56 Å². The van der Waals surface area contributed by atoms with Gasteiger partial charge < -0.3 is 9.88 Å². The van der Waals surface area contributed by atoms with E-state index in [1.807, 2.05) is 0 Å². The summed E-state index contributed by atoms with van der Waals surface area (Å²) in [6.07, 6.45) is 0.121. The maximum Gasteiger partial charge on any atom is 0.416 e. The zero-order valence-corrected chi connectivity index (χ0v) is 14.8. The molecule has 1 atom stereocenters. The van der Waals surface area contributed by atoms with E-state index in [9.17, 15) is 22.8 Å². The fraction of sp³-hybridized carbons (Fsp3) is 0.400. The number of aromatic amines is 1. The number of nitrogens with one attached hydrogen (secondary N) is 1. The Morgan fingerprint density at radius 3 is 2.78 bits per heavy atom. The van der Waals surface area contributed by atoms with Crippen LogP contribution in [-0.4, -0.2) is 28.9 Å². The van der Waals surface area contributed by atoms with Gasteiger partial charge in [0.15, 0.2) is 0 Å². The molecule has 144 valence electrons. The van der Waals surface area contributed by atoms with Crippen molar-refractivity contribution in [3.63, 3.8) is 0 Å². The average molecular weight is 378 g/mol. The Morgan fingerprint density at radius 2 is 2.04 bits per heavy atom. The highest BCUT2D eigenvalue weighted by Gasteiger charge is 2.30. The van der Waals surface area contributed by atoms with Crippen LogP contribution in [-0.2, 0) is 12.6 Å². The third-order valence-corrected chi connectivity index (χ3v) is 4.95. The molecule has 1 aromatic carbocycles. The Bertz CT molecular complexity index is 861. The first-order valence-electron chi connectivity index (χ1n) is 8.97. The van der Waals surface area contributed by atoms with Gasteiger partial charge in [-0.1, -0.05) is 18.2 Å². The second-order valence-electron chi connectivity index (χ2n) is 6.91. The van der Waals surface area contributed by atoms with E-state index in [2.05, 4.69) is 4.98 Å². The zero-order valence-electron chi connectivity index (χ0n) is 14.8. The third kappa shape index (κ3) is 4.78. The summed E-state index contributed by atoms with van der Waals surface area (Å²) in [5.41, 5.74) is -0.277. The average Bonchev–Trinajstić information content (AvgIpc) is 2.66. The molecule has 3 rings (SSSR count). The summed E-state index contributed by atoms with van der Waals surface area (Å²) in [5, 5.41) is 0. The van der Waals surface area contributed by atoms with Gasteiger partial charge in [0.05, 0.1) is 5.56 Å². The zero-order chi connectivity index (χ0) is 19.4. The van der Waals surface area contributed by atoms with Crippen LogP contribution < -0.4 is 5.56 Å². The number of piperidine rings is 1. The van der Waals surface area contributed by atoms with Gasteiger partial charge in [0, 0.05) is 19.3 Å². The fourth-order valence-electron chi connectivity index (χ4n) is 3.52. The summed E-state index contributed by atoms with van der Waals surface area (Å²) in [6.45, 7) is 1.11. The molecule has 0 aliphatic carbocycles. The van der Waals surface area contributed by atoms with Crippen molar-refractivity contribution in [1.82, 2.24) is 9.88 Å². The topological polar surface area (TPSA) is 53.2 Å². The molecule has 1 aromatic heterocycles. The van der Waals surface area contributed by atoms with Gasteiger partial charge in [-0.3, -0.25) is 9.59 Å². The SMILES string of the molecule is O=C(c1ccc[nH]c1=O)N1CCC[C@H](CCc2cccc(C(F)(F)F)c2)C1. The number of benzene rings is 1. The van der Waals surface area contributed by atoms with Crippen molar-refractivity contribution in [1.29, 1.82) is 0 Å². The summed E-state index contributed by atoms with van der Waals surface area (Å²) in [7, 11) is 0. The summed E-state index contributed by atoms with van der Waals surface area (Å²) in [5.74, 6) is -0.0827. The van der Waals surface area contributed by atoms with Gasteiger partial charge >= 0.3 is 6.18 Å². The minimum Gasteiger partial charge on any atom is -0.338 e. The van der Waals surface area contributed by atoms with E-state index >= 15 is 0 Å². The quantitative estimate of drug-likeness (QED) is 0.878. The highest BCUT2D eigenvalue weighted by atomic mass is 19.4. The van der Waals surface area contributed by atoms with Gasteiger partial charge in [-0.05, 0) is 55.4 Å². The number of aromatic nitrogens is 1. The second kappa shape index (κ2) is 7.98. The lowest BCUT2D eigenvalue weighted by atomic mass is 9.91. The number of halogens is 3. The predicted molar refractivity (Wildman–Crippen MR) is 95.5 cm³/mol. The molecule has 1 aliphatic rings. The number of aryl methyl sites for hydroxylation is 1. The number of amides is 1. The Morgan fingerprint density at radius 1 is 1.22 bits per heavy atom. The van der Waals surface area contributed by atoms with Crippen molar-refractivity contribution >= 4 is 5.91 Å². The lowest BCUT2D eigenvalue weighted by Gasteiger charge is -2.32. The molecular formula is C20H21F3N2O2. The number of likely N-dealkylation sites (tertiary alicyclic amines) is 1. The number of rotatable bonds is 4. The maximum atomic E-state index is 12.8. The Balaban J connectivity index is 1.61. The number of pyridine rings is 1.